The summed E-state index contributed by atoms with van der Waals surface area (Å²) >= 11 is 6.34. The molecule has 2 aliphatic heterocycles. The second-order valence-electron chi connectivity index (χ2n) is 7.52. The first-order valence-electron chi connectivity index (χ1n) is 9.31. The number of nitrogens with zero attached hydrogens (tertiary/aromatic N) is 2. The van der Waals surface area contributed by atoms with Crippen molar-refractivity contribution in [2.75, 3.05) is 33.9 Å². The Bertz CT molecular complexity index is 883. The maximum Gasteiger partial charge on any atom is 0.322 e. The molecule has 0 aromatic heterocycles. The Morgan fingerprint density at radius 1 is 1.34 bits per heavy atom. The molecule has 0 radical (unpaired) electrons. The number of benzene rings is 1. The number of halogens is 1. The van der Waals surface area contributed by atoms with E-state index < -0.39 is 11.6 Å². The number of methoxy groups -OCH3 is 1. The van der Waals surface area contributed by atoms with Crippen LogP contribution in [0, 0.1) is 0 Å². The Hall–Kier alpha value is -2.58. The lowest BCUT2D eigenvalue weighted by molar-refractivity contribution is -0.141. The van der Waals surface area contributed by atoms with Crippen LogP contribution in [0.2, 0.25) is 5.02 Å². The monoisotopic (exact) mass is 420 g/mol. The van der Waals surface area contributed by atoms with E-state index in [1.165, 1.54) is 9.80 Å². The van der Waals surface area contributed by atoms with Gasteiger partial charge >= 0.3 is 6.03 Å². The molecule has 0 spiro atoms. The van der Waals surface area contributed by atoms with E-state index in [9.17, 15) is 14.4 Å². The summed E-state index contributed by atoms with van der Waals surface area (Å²) in [6.07, 6.45) is 0. The van der Waals surface area contributed by atoms with Crippen LogP contribution in [0.3, 0.4) is 0 Å². The fourth-order valence-electron chi connectivity index (χ4n) is 3.57. The van der Waals surface area contributed by atoms with Gasteiger partial charge < -0.3 is 20.3 Å². The smallest absolute Gasteiger partial charge is 0.322 e. The maximum absolute atomic E-state index is 13.4. The van der Waals surface area contributed by atoms with Crippen molar-refractivity contribution in [1.82, 2.24) is 20.4 Å². The molecular formula is C20H25ClN4O4. The van der Waals surface area contributed by atoms with Gasteiger partial charge in [0.1, 0.15) is 5.54 Å². The third kappa shape index (κ3) is 3.70. The van der Waals surface area contributed by atoms with Crippen molar-refractivity contribution in [3.05, 3.63) is 46.1 Å². The maximum atomic E-state index is 13.4. The van der Waals surface area contributed by atoms with Crippen LogP contribution in [-0.4, -0.2) is 67.0 Å². The Morgan fingerprint density at radius 3 is 2.69 bits per heavy atom. The van der Waals surface area contributed by atoms with Crippen molar-refractivity contribution in [2.24, 2.45) is 0 Å². The predicted molar refractivity (Wildman–Crippen MR) is 108 cm³/mol. The first kappa shape index (κ1) is 21.1. The summed E-state index contributed by atoms with van der Waals surface area (Å²) in [5.74, 6) is -0.595. The van der Waals surface area contributed by atoms with Gasteiger partial charge in [0, 0.05) is 25.7 Å². The second-order valence-corrected chi connectivity index (χ2v) is 7.93. The highest BCUT2D eigenvalue weighted by Gasteiger charge is 2.49. The molecule has 2 N–H and O–H groups in total. The molecule has 1 atom stereocenters. The van der Waals surface area contributed by atoms with E-state index in [4.69, 9.17) is 16.3 Å². The van der Waals surface area contributed by atoms with Crippen LogP contribution in [0.5, 0.6) is 0 Å². The third-order valence-corrected chi connectivity index (χ3v) is 5.74. The summed E-state index contributed by atoms with van der Waals surface area (Å²) < 4.78 is 4.96. The zero-order chi connectivity index (χ0) is 21.3. The SMILES string of the molecule is COCCNC(=O)C(C)(C)N1CC2=C(C1=O)C(c1ccccc1Cl)NC(=O)N2C. The summed E-state index contributed by atoms with van der Waals surface area (Å²) in [5, 5.41) is 6.08. The highest BCUT2D eigenvalue weighted by Crippen LogP contribution is 2.40. The van der Waals surface area contributed by atoms with Gasteiger partial charge in [-0.05, 0) is 25.5 Å². The number of ether oxygens (including phenoxy) is 1. The average molecular weight is 421 g/mol. The van der Waals surface area contributed by atoms with Crippen molar-refractivity contribution in [1.29, 1.82) is 0 Å². The van der Waals surface area contributed by atoms with E-state index in [-0.39, 0.29) is 24.4 Å². The molecule has 0 fully saturated rings. The van der Waals surface area contributed by atoms with Crippen LogP contribution in [0.15, 0.2) is 35.5 Å². The van der Waals surface area contributed by atoms with E-state index in [2.05, 4.69) is 10.6 Å². The molecular weight excluding hydrogens is 396 g/mol. The number of likely N-dealkylation sites (N-methyl/N-ethyl adjacent to an activating group) is 1. The molecule has 0 saturated heterocycles. The van der Waals surface area contributed by atoms with Gasteiger partial charge in [-0.25, -0.2) is 4.79 Å². The summed E-state index contributed by atoms with van der Waals surface area (Å²) in [6.45, 7) is 4.25. The summed E-state index contributed by atoms with van der Waals surface area (Å²) in [5.41, 5.74) is 0.525. The molecule has 8 nitrogen and oxygen atoms in total. The van der Waals surface area contributed by atoms with Gasteiger partial charge in [0.2, 0.25) is 5.91 Å². The highest BCUT2D eigenvalue weighted by atomic mass is 35.5. The summed E-state index contributed by atoms with van der Waals surface area (Å²) in [6, 6.07) is 6.08. The molecule has 156 valence electrons. The van der Waals surface area contributed by atoms with Crippen molar-refractivity contribution in [3.8, 4) is 0 Å². The third-order valence-electron chi connectivity index (χ3n) is 5.40. The van der Waals surface area contributed by atoms with Gasteiger partial charge in [0.15, 0.2) is 0 Å². The van der Waals surface area contributed by atoms with Crippen molar-refractivity contribution < 1.29 is 19.1 Å². The Balaban J connectivity index is 1.94. The van der Waals surface area contributed by atoms with Crippen LogP contribution in [-0.2, 0) is 14.3 Å². The van der Waals surface area contributed by atoms with Crippen LogP contribution < -0.4 is 10.6 Å². The van der Waals surface area contributed by atoms with Gasteiger partial charge in [0.25, 0.3) is 5.91 Å². The Labute approximate surface area is 174 Å². The number of nitrogens with one attached hydrogen (secondary N) is 2. The second kappa shape index (κ2) is 8.04. The largest absolute Gasteiger partial charge is 0.383 e. The van der Waals surface area contributed by atoms with Crippen molar-refractivity contribution in [2.45, 2.75) is 25.4 Å². The summed E-state index contributed by atoms with van der Waals surface area (Å²) in [7, 11) is 3.16. The van der Waals surface area contributed by atoms with Gasteiger partial charge in [0.05, 0.1) is 30.5 Å². The zero-order valence-corrected chi connectivity index (χ0v) is 17.7. The minimum atomic E-state index is -1.11. The minimum Gasteiger partial charge on any atom is -0.383 e. The van der Waals surface area contributed by atoms with Crippen LogP contribution >= 0.6 is 11.6 Å². The standard InChI is InChI=1S/C20H25ClN4O4/c1-20(2,18(27)22-9-10-29-4)25-11-14-15(17(25)26)16(23-19(28)24(14)3)12-7-5-6-8-13(12)21/h5-8,16H,9-11H2,1-4H3,(H,22,27)(H,23,28). The molecule has 9 heteroatoms. The van der Waals surface area contributed by atoms with Crippen LogP contribution in [0.4, 0.5) is 4.79 Å². The predicted octanol–water partition coefficient (Wildman–Crippen LogP) is 1.67. The number of urea groups is 1. The van der Waals surface area contributed by atoms with E-state index in [0.29, 0.717) is 35.0 Å². The normalized spacial score (nSPS) is 19.4. The molecule has 29 heavy (non-hydrogen) atoms. The molecule has 0 aliphatic carbocycles. The van der Waals surface area contributed by atoms with E-state index in [0.717, 1.165) is 0 Å². The number of amides is 4. The molecule has 0 saturated carbocycles. The molecule has 1 aromatic carbocycles. The van der Waals surface area contributed by atoms with Gasteiger partial charge in [-0.3, -0.25) is 14.5 Å². The lowest BCUT2D eigenvalue weighted by Crippen LogP contribution is -2.56. The van der Waals surface area contributed by atoms with Crippen molar-refractivity contribution >= 4 is 29.4 Å². The van der Waals surface area contributed by atoms with Crippen LogP contribution in [0.1, 0.15) is 25.5 Å². The van der Waals surface area contributed by atoms with Crippen LogP contribution in [0.25, 0.3) is 0 Å². The van der Waals surface area contributed by atoms with Gasteiger partial charge in [-0.15, -0.1) is 0 Å². The Morgan fingerprint density at radius 2 is 2.03 bits per heavy atom. The van der Waals surface area contributed by atoms with E-state index in [1.54, 1.807) is 52.3 Å². The average Bonchev–Trinajstić information content (AvgIpc) is 3.04. The number of carbonyl (C=O) groups excluding carboxylic acids is 3. The van der Waals surface area contributed by atoms with E-state index in [1.807, 2.05) is 0 Å². The fourth-order valence-corrected chi connectivity index (χ4v) is 3.81. The van der Waals surface area contributed by atoms with E-state index >= 15 is 0 Å². The number of hydrogen-bond acceptors (Lipinski definition) is 4. The lowest BCUT2D eigenvalue weighted by atomic mass is 9.95. The Kier molecular flexibility index (Phi) is 5.86. The molecule has 2 aliphatic rings. The number of carbonyl (C=O) groups is 3. The molecule has 1 unspecified atom stereocenters. The first-order chi connectivity index (χ1) is 13.7. The topological polar surface area (TPSA) is 91.0 Å². The summed E-state index contributed by atoms with van der Waals surface area (Å²) in [4.78, 5) is 41.6. The molecule has 4 amide bonds. The zero-order valence-electron chi connectivity index (χ0n) is 16.9. The molecule has 3 rings (SSSR count). The molecule has 0 bridgehead atoms. The first-order valence-corrected chi connectivity index (χ1v) is 9.68. The molecule has 1 aromatic rings. The number of rotatable bonds is 6. The lowest BCUT2D eigenvalue weighted by Gasteiger charge is -2.34. The van der Waals surface area contributed by atoms with Gasteiger partial charge in [-0.1, -0.05) is 29.8 Å². The molecule has 2 heterocycles. The highest BCUT2D eigenvalue weighted by molar-refractivity contribution is 6.31. The number of hydrogen-bond donors (Lipinski definition) is 2. The minimum absolute atomic E-state index is 0.156. The quantitative estimate of drug-likeness (QED) is 0.685. The fraction of sp³-hybridized carbons (Fsp3) is 0.450. The van der Waals surface area contributed by atoms with Gasteiger partial charge in [-0.2, -0.15) is 0 Å². The van der Waals surface area contributed by atoms with Crippen molar-refractivity contribution in [3.63, 3.8) is 0 Å².